The molecule has 0 aliphatic carbocycles. The molecule has 5 nitrogen and oxygen atoms in total. The van der Waals surface area contributed by atoms with Crippen molar-refractivity contribution in [2.45, 2.75) is 12.9 Å². The zero-order valence-electron chi connectivity index (χ0n) is 13.0. The molecule has 1 atom stereocenters. The third-order valence-corrected chi connectivity index (χ3v) is 3.30. The second-order valence-corrected chi connectivity index (χ2v) is 4.70. The Morgan fingerprint density at radius 2 is 1.59 bits per heavy atom. The van der Waals surface area contributed by atoms with Crippen LogP contribution in [0.3, 0.4) is 0 Å². The van der Waals surface area contributed by atoms with Gasteiger partial charge in [-0.3, -0.25) is 0 Å². The second kappa shape index (κ2) is 7.68. The summed E-state index contributed by atoms with van der Waals surface area (Å²) in [5.41, 5.74) is 8.36. The maximum absolute atomic E-state index is 6.07. The number of nitrogen functional groups attached to an aromatic ring is 1. The lowest BCUT2D eigenvalue weighted by molar-refractivity contribution is -0.135. The second-order valence-electron chi connectivity index (χ2n) is 4.70. The van der Waals surface area contributed by atoms with Crippen LogP contribution in [-0.4, -0.2) is 21.3 Å². The highest BCUT2D eigenvalue weighted by Crippen LogP contribution is 2.36. The molecule has 0 radical (unpaired) electrons. The van der Waals surface area contributed by atoms with E-state index in [4.69, 9.17) is 24.7 Å². The topological polar surface area (TPSA) is 62.9 Å². The minimum Gasteiger partial charge on any atom is -0.493 e. The Morgan fingerprint density at radius 1 is 0.955 bits per heavy atom. The Balaban J connectivity index is 2.19. The summed E-state index contributed by atoms with van der Waals surface area (Å²) in [4.78, 5) is 0. The highest BCUT2D eigenvalue weighted by molar-refractivity contribution is 5.58. The Labute approximate surface area is 130 Å². The average Bonchev–Trinajstić information content (AvgIpc) is 2.57. The predicted octanol–water partition coefficient (Wildman–Crippen LogP) is 3.15. The molecule has 0 heterocycles. The lowest BCUT2D eigenvalue weighted by Gasteiger charge is -2.20. The molecule has 22 heavy (non-hydrogen) atoms. The zero-order chi connectivity index (χ0) is 15.9. The molecule has 0 aliphatic heterocycles. The van der Waals surface area contributed by atoms with Gasteiger partial charge in [0.2, 0.25) is 0 Å². The summed E-state index contributed by atoms with van der Waals surface area (Å²) in [6.07, 6.45) is -0.583. The molecule has 0 amide bonds. The molecule has 2 N–H and O–H groups in total. The smallest absolute Gasteiger partial charge is 0.185 e. The number of rotatable bonds is 7. The summed E-state index contributed by atoms with van der Waals surface area (Å²) in [6.45, 7) is 0.424. The van der Waals surface area contributed by atoms with Crippen LogP contribution in [0.1, 0.15) is 17.4 Å². The molecule has 2 rings (SSSR count). The summed E-state index contributed by atoms with van der Waals surface area (Å²) in [6, 6.07) is 13.3. The van der Waals surface area contributed by atoms with Gasteiger partial charge in [0, 0.05) is 24.4 Å². The molecule has 0 aromatic heterocycles. The lowest BCUT2D eigenvalue weighted by atomic mass is 10.1. The maximum atomic E-state index is 6.07. The number of benzene rings is 2. The van der Waals surface area contributed by atoms with Gasteiger partial charge in [0.15, 0.2) is 17.8 Å². The van der Waals surface area contributed by atoms with Crippen molar-refractivity contribution in [3.8, 4) is 11.5 Å². The highest BCUT2D eigenvalue weighted by Gasteiger charge is 2.18. The molecule has 2 aromatic rings. The zero-order valence-corrected chi connectivity index (χ0v) is 13.0. The molecule has 2 aromatic carbocycles. The molecule has 1 unspecified atom stereocenters. The van der Waals surface area contributed by atoms with Crippen LogP contribution in [-0.2, 0) is 16.1 Å². The SMILES string of the molecule is COc1cc(N)c(C(OC)OCc2ccccc2)cc1OC. The molecule has 0 bridgehead atoms. The van der Waals surface area contributed by atoms with E-state index in [1.807, 2.05) is 30.3 Å². The van der Waals surface area contributed by atoms with Gasteiger partial charge in [0.05, 0.1) is 20.8 Å². The summed E-state index contributed by atoms with van der Waals surface area (Å²) in [7, 11) is 4.72. The van der Waals surface area contributed by atoms with Crippen molar-refractivity contribution in [3.05, 3.63) is 53.6 Å². The van der Waals surface area contributed by atoms with Crippen molar-refractivity contribution in [1.29, 1.82) is 0 Å². The summed E-state index contributed by atoms with van der Waals surface area (Å²) in [5.74, 6) is 1.15. The van der Waals surface area contributed by atoms with Gasteiger partial charge in [0.25, 0.3) is 0 Å². The van der Waals surface area contributed by atoms with Crippen molar-refractivity contribution in [2.75, 3.05) is 27.1 Å². The quantitative estimate of drug-likeness (QED) is 0.629. The van der Waals surface area contributed by atoms with Crippen molar-refractivity contribution in [1.82, 2.24) is 0 Å². The van der Waals surface area contributed by atoms with E-state index >= 15 is 0 Å². The molecule has 0 aliphatic rings. The third-order valence-electron chi connectivity index (χ3n) is 3.30. The van der Waals surface area contributed by atoms with Gasteiger partial charge < -0.3 is 24.7 Å². The molecule has 0 saturated heterocycles. The number of hydrogen-bond donors (Lipinski definition) is 1. The van der Waals surface area contributed by atoms with E-state index in [1.54, 1.807) is 33.5 Å². The van der Waals surface area contributed by atoms with Crippen molar-refractivity contribution in [3.63, 3.8) is 0 Å². The average molecular weight is 303 g/mol. The third kappa shape index (κ3) is 3.69. The standard InChI is InChI=1S/C17H21NO4/c1-19-15-9-13(14(18)10-16(15)20-2)17(21-3)22-11-12-7-5-4-6-8-12/h4-10,17H,11,18H2,1-3H3. The first-order chi connectivity index (χ1) is 10.7. The Hall–Kier alpha value is -2.24. The maximum Gasteiger partial charge on any atom is 0.185 e. The first kappa shape index (κ1) is 16.1. The van der Waals surface area contributed by atoms with Crippen LogP contribution in [0.15, 0.2) is 42.5 Å². The Morgan fingerprint density at radius 3 is 2.18 bits per heavy atom. The fraction of sp³-hybridized carbons (Fsp3) is 0.294. The van der Waals surface area contributed by atoms with Crippen LogP contribution in [0.25, 0.3) is 0 Å². The van der Waals surface area contributed by atoms with Gasteiger partial charge in [-0.05, 0) is 11.6 Å². The minimum atomic E-state index is -0.583. The minimum absolute atomic E-state index is 0.424. The van der Waals surface area contributed by atoms with E-state index in [1.165, 1.54) is 0 Å². The lowest BCUT2D eigenvalue weighted by Crippen LogP contribution is -2.10. The predicted molar refractivity (Wildman–Crippen MR) is 84.9 cm³/mol. The molecule has 0 saturated carbocycles. The van der Waals surface area contributed by atoms with E-state index in [0.29, 0.717) is 29.4 Å². The van der Waals surface area contributed by atoms with Gasteiger partial charge in [0.1, 0.15) is 0 Å². The fourth-order valence-corrected chi connectivity index (χ4v) is 2.15. The van der Waals surface area contributed by atoms with Crippen molar-refractivity contribution >= 4 is 5.69 Å². The van der Waals surface area contributed by atoms with Crippen molar-refractivity contribution in [2.24, 2.45) is 0 Å². The molecular formula is C17H21NO4. The van der Waals surface area contributed by atoms with Gasteiger partial charge >= 0.3 is 0 Å². The van der Waals surface area contributed by atoms with E-state index < -0.39 is 6.29 Å². The van der Waals surface area contributed by atoms with E-state index in [9.17, 15) is 0 Å². The molecule has 0 fully saturated rings. The molecular weight excluding hydrogens is 282 g/mol. The van der Waals surface area contributed by atoms with Crippen LogP contribution < -0.4 is 15.2 Å². The first-order valence-corrected chi connectivity index (χ1v) is 6.89. The Kier molecular flexibility index (Phi) is 5.63. The highest BCUT2D eigenvalue weighted by atomic mass is 16.7. The van der Waals surface area contributed by atoms with Gasteiger partial charge in [-0.15, -0.1) is 0 Å². The number of nitrogens with two attached hydrogens (primary N) is 1. The number of anilines is 1. The van der Waals surface area contributed by atoms with Crippen LogP contribution in [0.5, 0.6) is 11.5 Å². The number of hydrogen-bond acceptors (Lipinski definition) is 5. The normalized spacial score (nSPS) is 12.0. The van der Waals surface area contributed by atoms with Gasteiger partial charge in [-0.1, -0.05) is 30.3 Å². The fourth-order valence-electron chi connectivity index (χ4n) is 2.15. The molecule has 0 spiro atoms. The summed E-state index contributed by atoms with van der Waals surface area (Å²) in [5, 5.41) is 0. The van der Waals surface area contributed by atoms with E-state index in [0.717, 1.165) is 5.56 Å². The van der Waals surface area contributed by atoms with Crippen LogP contribution in [0.2, 0.25) is 0 Å². The van der Waals surface area contributed by atoms with E-state index in [-0.39, 0.29) is 0 Å². The van der Waals surface area contributed by atoms with Crippen LogP contribution >= 0.6 is 0 Å². The van der Waals surface area contributed by atoms with Gasteiger partial charge in [-0.25, -0.2) is 0 Å². The Bertz CT molecular complexity index is 601. The van der Waals surface area contributed by atoms with Gasteiger partial charge in [-0.2, -0.15) is 0 Å². The number of ether oxygens (including phenoxy) is 4. The monoisotopic (exact) mass is 303 g/mol. The summed E-state index contributed by atoms with van der Waals surface area (Å²) >= 11 is 0. The van der Waals surface area contributed by atoms with Crippen LogP contribution in [0, 0.1) is 0 Å². The summed E-state index contributed by atoms with van der Waals surface area (Å²) < 4.78 is 21.8. The van der Waals surface area contributed by atoms with Crippen molar-refractivity contribution < 1.29 is 18.9 Å². The first-order valence-electron chi connectivity index (χ1n) is 6.89. The van der Waals surface area contributed by atoms with Crippen LogP contribution in [0.4, 0.5) is 5.69 Å². The number of methoxy groups -OCH3 is 3. The molecule has 118 valence electrons. The van der Waals surface area contributed by atoms with E-state index in [2.05, 4.69) is 0 Å². The molecule has 5 heteroatoms. The largest absolute Gasteiger partial charge is 0.493 e.